The van der Waals surface area contributed by atoms with Crippen molar-refractivity contribution in [1.29, 1.82) is 0 Å². The summed E-state index contributed by atoms with van der Waals surface area (Å²) in [5, 5.41) is 3.51. The van der Waals surface area contributed by atoms with Crippen molar-refractivity contribution in [3.05, 3.63) is 29.8 Å². The molecular weight excluding hydrogens is 246 g/mol. The molecule has 1 aromatic rings. The molecule has 0 spiro atoms. The van der Waals surface area contributed by atoms with Gasteiger partial charge in [0.25, 0.3) is 0 Å². The molecule has 2 nitrogen and oxygen atoms in total. The highest BCUT2D eigenvalue weighted by Gasteiger charge is 2.20. The fourth-order valence-corrected chi connectivity index (χ4v) is 2.79. The minimum Gasteiger partial charge on any atom is -0.490 e. The van der Waals surface area contributed by atoms with Gasteiger partial charge in [-0.15, -0.1) is 0 Å². The average molecular weight is 275 g/mol. The van der Waals surface area contributed by atoms with Gasteiger partial charge in [0.2, 0.25) is 0 Å². The first kappa shape index (κ1) is 15.4. The summed E-state index contributed by atoms with van der Waals surface area (Å²) in [5.41, 5.74) is 1.28. The van der Waals surface area contributed by atoms with E-state index in [1.165, 1.54) is 31.2 Å². The van der Waals surface area contributed by atoms with E-state index in [4.69, 9.17) is 4.74 Å². The molecule has 1 aliphatic rings. The van der Waals surface area contributed by atoms with Gasteiger partial charge in [0.15, 0.2) is 0 Å². The summed E-state index contributed by atoms with van der Waals surface area (Å²) >= 11 is 0. The van der Waals surface area contributed by atoms with Crippen LogP contribution in [0, 0.1) is 11.8 Å². The van der Waals surface area contributed by atoms with Crippen LogP contribution < -0.4 is 10.1 Å². The highest BCUT2D eigenvalue weighted by Crippen LogP contribution is 2.28. The zero-order chi connectivity index (χ0) is 14.4. The maximum absolute atomic E-state index is 6.25. The smallest absolute Gasteiger partial charge is 0.124 e. The van der Waals surface area contributed by atoms with E-state index in [0.29, 0.717) is 12.0 Å². The molecule has 0 atom stereocenters. The van der Waals surface area contributed by atoms with Gasteiger partial charge in [-0.05, 0) is 50.1 Å². The highest BCUT2D eigenvalue weighted by atomic mass is 16.5. The second-order valence-corrected chi connectivity index (χ2v) is 6.63. The van der Waals surface area contributed by atoms with Gasteiger partial charge in [-0.3, -0.25) is 0 Å². The van der Waals surface area contributed by atoms with E-state index in [2.05, 4.69) is 50.4 Å². The number of nitrogens with one attached hydrogen (secondary N) is 1. The molecule has 2 heteroatoms. The van der Waals surface area contributed by atoms with Crippen LogP contribution in [0.5, 0.6) is 5.75 Å². The Morgan fingerprint density at radius 2 is 1.85 bits per heavy atom. The van der Waals surface area contributed by atoms with E-state index in [1.807, 2.05) is 0 Å². The summed E-state index contributed by atoms with van der Waals surface area (Å²) in [4.78, 5) is 0. The van der Waals surface area contributed by atoms with Crippen molar-refractivity contribution in [2.75, 3.05) is 6.54 Å². The van der Waals surface area contributed by atoms with E-state index in [-0.39, 0.29) is 0 Å². The molecule has 0 amide bonds. The first-order valence-electron chi connectivity index (χ1n) is 8.10. The molecule has 2 rings (SSSR count). The summed E-state index contributed by atoms with van der Waals surface area (Å²) in [6, 6.07) is 8.47. The fraction of sp³-hybridized carbons (Fsp3) is 0.667. The molecule has 1 aliphatic carbocycles. The van der Waals surface area contributed by atoms with Crippen molar-refractivity contribution in [1.82, 2.24) is 5.32 Å². The van der Waals surface area contributed by atoms with Gasteiger partial charge in [-0.1, -0.05) is 39.0 Å². The number of ether oxygens (including phenoxy) is 1. The summed E-state index contributed by atoms with van der Waals surface area (Å²) < 4.78 is 6.25. The zero-order valence-corrected chi connectivity index (χ0v) is 13.2. The van der Waals surface area contributed by atoms with Crippen molar-refractivity contribution in [3.8, 4) is 5.75 Å². The van der Waals surface area contributed by atoms with Crippen molar-refractivity contribution in [3.63, 3.8) is 0 Å². The molecule has 0 heterocycles. The predicted molar refractivity (Wildman–Crippen MR) is 85.0 cm³/mol. The van der Waals surface area contributed by atoms with Crippen LogP contribution in [0.3, 0.4) is 0 Å². The standard InChI is InChI=1S/C18H29NO/c1-14(2)12-19-13-16-6-4-5-7-18(16)20-17-10-8-15(3)9-11-17/h4-7,14-15,17,19H,8-13H2,1-3H3. The molecule has 1 fully saturated rings. The quantitative estimate of drug-likeness (QED) is 0.831. The van der Waals surface area contributed by atoms with Crippen molar-refractivity contribution in [2.24, 2.45) is 11.8 Å². The molecular formula is C18H29NO. The highest BCUT2D eigenvalue weighted by molar-refractivity contribution is 5.33. The first-order valence-corrected chi connectivity index (χ1v) is 8.10. The molecule has 0 aliphatic heterocycles. The van der Waals surface area contributed by atoms with Gasteiger partial charge >= 0.3 is 0 Å². The normalized spacial score (nSPS) is 23.0. The van der Waals surface area contributed by atoms with Crippen LogP contribution in [0.4, 0.5) is 0 Å². The van der Waals surface area contributed by atoms with Crippen molar-refractivity contribution in [2.45, 2.75) is 59.1 Å². The molecule has 1 aromatic carbocycles. The molecule has 0 unspecified atom stereocenters. The average Bonchev–Trinajstić information content (AvgIpc) is 2.43. The minimum atomic E-state index is 0.414. The molecule has 0 saturated heterocycles. The molecule has 112 valence electrons. The summed E-state index contributed by atoms with van der Waals surface area (Å²) in [7, 11) is 0. The van der Waals surface area contributed by atoms with Gasteiger partial charge in [0, 0.05) is 12.1 Å². The second kappa shape index (κ2) is 7.68. The Hall–Kier alpha value is -1.02. The van der Waals surface area contributed by atoms with E-state index < -0.39 is 0 Å². The lowest BCUT2D eigenvalue weighted by molar-refractivity contribution is 0.134. The number of para-hydroxylation sites is 1. The molecule has 0 bridgehead atoms. The Balaban J connectivity index is 1.90. The molecule has 20 heavy (non-hydrogen) atoms. The third-order valence-electron chi connectivity index (χ3n) is 4.10. The van der Waals surface area contributed by atoms with E-state index >= 15 is 0 Å². The number of hydrogen-bond acceptors (Lipinski definition) is 2. The Morgan fingerprint density at radius 1 is 1.15 bits per heavy atom. The number of benzene rings is 1. The Labute approximate surface area is 123 Å². The summed E-state index contributed by atoms with van der Waals surface area (Å²) in [6.07, 6.45) is 5.43. The lowest BCUT2D eigenvalue weighted by atomic mass is 9.89. The summed E-state index contributed by atoms with van der Waals surface area (Å²) in [5.74, 6) is 2.63. The first-order chi connectivity index (χ1) is 9.65. The van der Waals surface area contributed by atoms with Crippen molar-refractivity contribution >= 4 is 0 Å². The maximum Gasteiger partial charge on any atom is 0.124 e. The molecule has 0 aromatic heterocycles. The van der Waals surface area contributed by atoms with E-state index in [1.54, 1.807) is 0 Å². The Bertz CT molecular complexity index is 394. The van der Waals surface area contributed by atoms with Crippen molar-refractivity contribution < 1.29 is 4.74 Å². The molecule has 1 N–H and O–H groups in total. The third-order valence-corrected chi connectivity index (χ3v) is 4.10. The van der Waals surface area contributed by atoms with Crippen LogP contribution in [0.1, 0.15) is 52.0 Å². The van der Waals surface area contributed by atoms with Gasteiger partial charge < -0.3 is 10.1 Å². The number of rotatable bonds is 6. The topological polar surface area (TPSA) is 21.3 Å². The van der Waals surface area contributed by atoms with Crippen LogP contribution >= 0.6 is 0 Å². The van der Waals surface area contributed by atoms with Crippen LogP contribution in [-0.2, 0) is 6.54 Å². The Kier molecular flexibility index (Phi) is 5.90. The lowest BCUT2D eigenvalue weighted by Crippen LogP contribution is -2.24. The van der Waals surface area contributed by atoms with Gasteiger partial charge in [-0.25, -0.2) is 0 Å². The SMILES string of the molecule is CC(C)CNCc1ccccc1OC1CCC(C)CC1. The minimum absolute atomic E-state index is 0.414. The Morgan fingerprint density at radius 3 is 2.55 bits per heavy atom. The molecule has 1 saturated carbocycles. The molecule has 0 radical (unpaired) electrons. The predicted octanol–water partition coefficient (Wildman–Crippen LogP) is 4.39. The van der Waals surface area contributed by atoms with Crippen LogP contribution in [0.2, 0.25) is 0 Å². The lowest BCUT2D eigenvalue weighted by Gasteiger charge is -2.27. The monoisotopic (exact) mass is 275 g/mol. The van der Waals surface area contributed by atoms with Gasteiger partial charge in [0.05, 0.1) is 6.10 Å². The number of hydrogen-bond donors (Lipinski definition) is 1. The van der Waals surface area contributed by atoms with E-state index in [9.17, 15) is 0 Å². The van der Waals surface area contributed by atoms with E-state index in [0.717, 1.165) is 24.8 Å². The van der Waals surface area contributed by atoms with Crippen LogP contribution in [-0.4, -0.2) is 12.6 Å². The second-order valence-electron chi connectivity index (χ2n) is 6.63. The zero-order valence-electron chi connectivity index (χ0n) is 13.2. The summed E-state index contributed by atoms with van der Waals surface area (Å²) in [6.45, 7) is 8.77. The van der Waals surface area contributed by atoms with Gasteiger partial charge in [0.1, 0.15) is 5.75 Å². The maximum atomic E-state index is 6.25. The van der Waals surface area contributed by atoms with Gasteiger partial charge in [-0.2, -0.15) is 0 Å². The van der Waals surface area contributed by atoms with Crippen LogP contribution in [0.15, 0.2) is 24.3 Å². The van der Waals surface area contributed by atoms with Crippen LogP contribution in [0.25, 0.3) is 0 Å². The fourth-order valence-electron chi connectivity index (χ4n) is 2.79. The largest absolute Gasteiger partial charge is 0.490 e. The third kappa shape index (κ3) is 4.82.